The van der Waals surface area contributed by atoms with Crippen LogP contribution in [0.15, 0.2) is 17.4 Å². The molecule has 0 unspecified atom stereocenters. The third-order valence-corrected chi connectivity index (χ3v) is 2.31. The molecular weight excluding hydrogens is 226 g/mol. The number of hydrogen-bond donors (Lipinski definition) is 0. The SMILES string of the molecule is CC=C=C(CCCC)CN(C)C(=O)OC(C)(C)C. The fourth-order valence-electron chi connectivity index (χ4n) is 1.48. The van der Waals surface area contributed by atoms with Gasteiger partial charge in [-0.1, -0.05) is 13.3 Å². The molecule has 0 rings (SSSR count). The first-order chi connectivity index (χ1) is 8.30. The van der Waals surface area contributed by atoms with Crippen molar-refractivity contribution in [2.75, 3.05) is 13.6 Å². The summed E-state index contributed by atoms with van der Waals surface area (Å²) < 4.78 is 5.32. The van der Waals surface area contributed by atoms with Crippen molar-refractivity contribution in [3.63, 3.8) is 0 Å². The van der Waals surface area contributed by atoms with E-state index in [2.05, 4.69) is 12.7 Å². The third kappa shape index (κ3) is 7.97. The van der Waals surface area contributed by atoms with E-state index in [0.29, 0.717) is 6.54 Å². The Morgan fingerprint density at radius 2 is 2.00 bits per heavy atom. The summed E-state index contributed by atoms with van der Waals surface area (Å²) in [7, 11) is 1.76. The Bertz CT molecular complexity index is 320. The number of carbonyl (C=O) groups excluding carboxylic acids is 1. The van der Waals surface area contributed by atoms with Gasteiger partial charge in [0.15, 0.2) is 0 Å². The van der Waals surface area contributed by atoms with Crippen LogP contribution >= 0.6 is 0 Å². The second-order valence-corrected chi connectivity index (χ2v) is 5.48. The lowest BCUT2D eigenvalue weighted by molar-refractivity contribution is 0.0312. The number of likely N-dealkylation sites (N-methyl/N-ethyl adjacent to an activating group) is 1. The van der Waals surface area contributed by atoms with Crippen LogP contribution < -0.4 is 0 Å². The maximum atomic E-state index is 11.8. The molecule has 0 saturated carbocycles. The number of ether oxygens (including phenoxy) is 1. The summed E-state index contributed by atoms with van der Waals surface area (Å²) in [5.74, 6) is 0. The Morgan fingerprint density at radius 1 is 1.39 bits per heavy atom. The topological polar surface area (TPSA) is 29.5 Å². The van der Waals surface area contributed by atoms with Gasteiger partial charge in [-0.15, -0.1) is 5.73 Å². The number of rotatable bonds is 5. The highest BCUT2D eigenvalue weighted by Gasteiger charge is 2.19. The first-order valence-corrected chi connectivity index (χ1v) is 6.63. The van der Waals surface area contributed by atoms with Gasteiger partial charge in [-0.3, -0.25) is 0 Å². The summed E-state index contributed by atoms with van der Waals surface area (Å²) in [4.78, 5) is 13.4. The van der Waals surface area contributed by atoms with Gasteiger partial charge in [0.05, 0.1) is 6.54 Å². The van der Waals surface area contributed by atoms with Gasteiger partial charge < -0.3 is 9.64 Å². The number of amides is 1. The molecule has 0 radical (unpaired) electrons. The van der Waals surface area contributed by atoms with E-state index in [4.69, 9.17) is 4.74 Å². The van der Waals surface area contributed by atoms with Crippen LogP contribution in [0.25, 0.3) is 0 Å². The molecule has 0 aliphatic heterocycles. The van der Waals surface area contributed by atoms with E-state index < -0.39 is 5.60 Å². The molecule has 0 aromatic carbocycles. The van der Waals surface area contributed by atoms with Crippen LogP contribution in [0.2, 0.25) is 0 Å². The van der Waals surface area contributed by atoms with Crippen molar-refractivity contribution in [1.82, 2.24) is 4.90 Å². The van der Waals surface area contributed by atoms with Crippen molar-refractivity contribution in [2.24, 2.45) is 0 Å². The standard InChI is InChI=1S/C15H27NO2/c1-7-9-11-13(10-8-2)12-16(6)14(17)18-15(3,4)5/h8H,7,9,11-12H2,1-6H3. The summed E-state index contributed by atoms with van der Waals surface area (Å²) in [6, 6.07) is 0. The summed E-state index contributed by atoms with van der Waals surface area (Å²) in [5.41, 5.74) is 3.91. The maximum absolute atomic E-state index is 11.8. The average Bonchev–Trinajstić information content (AvgIpc) is 2.23. The number of carbonyl (C=O) groups is 1. The molecule has 0 aliphatic carbocycles. The Morgan fingerprint density at radius 3 is 2.44 bits per heavy atom. The van der Waals surface area contributed by atoms with Crippen molar-refractivity contribution in [1.29, 1.82) is 0 Å². The molecule has 0 fully saturated rings. The molecule has 0 aliphatic rings. The summed E-state index contributed by atoms with van der Waals surface area (Å²) in [6.45, 7) is 10.3. The Labute approximate surface area is 112 Å². The molecule has 0 bridgehead atoms. The Balaban J connectivity index is 4.47. The zero-order valence-corrected chi connectivity index (χ0v) is 12.7. The van der Waals surface area contributed by atoms with Gasteiger partial charge in [0.1, 0.15) is 5.60 Å². The van der Waals surface area contributed by atoms with Gasteiger partial charge in [0.2, 0.25) is 0 Å². The summed E-state index contributed by atoms with van der Waals surface area (Å²) >= 11 is 0. The first-order valence-electron chi connectivity index (χ1n) is 6.63. The minimum atomic E-state index is -0.445. The molecule has 0 saturated heterocycles. The molecule has 3 heteroatoms. The van der Waals surface area contributed by atoms with Crippen LogP contribution in [-0.4, -0.2) is 30.2 Å². The lowest BCUT2D eigenvalue weighted by Crippen LogP contribution is -2.35. The van der Waals surface area contributed by atoms with Crippen LogP contribution in [0.3, 0.4) is 0 Å². The molecule has 1 amide bonds. The van der Waals surface area contributed by atoms with Crippen LogP contribution in [0, 0.1) is 0 Å². The van der Waals surface area contributed by atoms with Gasteiger partial charge in [0.25, 0.3) is 0 Å². The summed E-state index contributed by atoms with van der Waals surface area (Å²) in [5, 5.41) is 0. The molecule has 0 atom stereocenters. The third-order valence-electron chi connectivity index (χ3n) is 2.31. The van der Waals surface area contributed by atoms with E-state index >= 15 is 0 Å². The molecule has 0 spiro atoms. The van der Waals surface area contributed by atoms with Crippen molar-refractivity contribution in [3.05, 3.63) is 17.4 Å². The molecule has 0 N–H and O–H groups in total. The molecular formula is C15H27NO2. The van der Waals surface area contributed by atoms with Crippen LogP contribution in [-0.2, 0) is 4.74 Å². The van der Waals surface area contributed by atoms with E-state index in [9.17, 15) is 4.79 Å². The molecule has 18 heavy (non-hydrogen) atoms. The number of nitrogens with zero attached hydrogens (tertiary/aromatic N) is 1. The Kier molecular flexibility index (Phi) is 7.45. The van der Waals surface area contributed by atoms with Gasteiger partial charge >= 0.3 is 6.09 Å². The minimum Gasteiger partial charge on any atom is -0.444 e. The van der Waals surface area contributed by atoms with E-state index in [-0.39, 0.29) is 6.09 Å². The molecule has 0 heterocycles. The van der Waals surface area contributed by atoms with Crippen molar-refractivity contribution in [3.8, 4) is 0 Å². The quantitative estimate of drug-likeness (QED) is 0.689. The molecule has 3 nitrogen and oxygen atoms in total. The highest BCUT2D eigenvalue weighted by Crippen LogP contribution is 2.12. The van der Waals surface area contributed by atoms with Crippen LogP contribution in [0.5, 0.6) is 0 Å². The largest absolute Gasteiger partial charge is 0.444 e. The zero-order valence-electron chi connectivity index (χ0n) is 12.7. The molecule has 0 aromatic rings. The molecule has 0 aromatic heterocycles. The van der Waals surface area contributed by atoms with E-state index in [0.717, 1.165) is 24.8 Å². The lowest BCUT2D eigenvalue weighted by atomic mass is 10.1. The predicted molar refractivity (Wildman–Crippen MR) is 75.7 cm³/mol. The second kappa shape index (κ2) is 7.99. The van der Waals surface area contributed by atoms with Crippen molar-refractivity contribution < 1.29 is 9.53 Å². The van der Waals surface area contributed by atoms with E-state index in [1.54, 1.807) is 11.9 Å². The summed E-state index contributed by atoms with van der Waals surface area (Å²) in [6.07, 6.45) is 4.86. The van der Waals surface area contributed by atoms with Crippen molar-refractivity contribution >= 4 is 6.09 Å². The molecule has 104 valence electrons. The van der Waals surface area contributed by atoms with Crippen LogP contribution in [0.4, 0.5) is 4.79 Å². The van der Waals surface area contributed by atoms with E-state index in [1.807, 2.05) is 33.8 Å². The van der Waals surface area contributed by atoms with Gasteiger partial charge in [-0.2, -0.15) is 0 Å². The highest BCUT2D eigenvalue weighted by molar-refractivity contribution is 5.68. The maximum Gasteiger partial charge on any atom is 0.410 e. The fraction of sp³-hybridized carbons (Fsp3) is 0.733. The monoisotopic (exact) mass is 253 g/mol. The van der Waals surface area contributed by atoms with Crippen molar-refractivity contribution in [2.45, 2.75) is 59.5 Å². The van der Waals surface area contributed by atoms with Gasteiger partial charge in [0, 0.05) is 7.05 Å². The first kappa shape index (κ1) is 16.8. The number of hydrogen-bond acceptors (Lipinski definition) is 2. The minimum absolute atomic E-state index is 0.283. The zero-order chi connectivity index (χ0) is 14.2. The lowest BCUT2D eigenvalue weighted by Gasteiger charge is -2.25. The highest BCUT2D eigenvalue weighted by atomic mass is 16.6. The van der Waals surface area contributed by atoms with Gasteiger partial charge in [-0.05, 0) is 52.2 Å². The fourth-order valence-corrected chi connectivity index (χ4v) is 1.48. The number of unbranched alkanes of at least 4 members (excludes halogenated alkanes) is 1. The van der Waals surface area contributed by atoms with E-state index in [1.165, 1.54) is 0 Å². The normalized spacial score (nSPS) is 10.6. The average molecular weight is 253 g/mol. The van der Waals surface area contributed by atoms with Gasteiger partial charge in [-0.25, -0.2) is 4.79 Å². The second-order valence-electron chi connectivity index (χ2n) is 5.48. The predicted octanol–water partition coefficient (Wildman–Crippen LogP) is 4.14. The Hall–Kier alpha value is -1.21. The van der Waals surface area contributed by atoms with Crippen LogP contribution in [0.1, 0.15) is 53.9 Å². The smallest absolute Gasteiger partial charge is 0.410 e.